The van der Waals surface area contributed by atoms with E-state index < -0.39 is 12.3 Å². The number of anilines is 2. The van der Waals surface area contributed by atoms with Crippen LogP contribution in [0, 0.1) is 5.92 Å². The number of nitrogens with two attached hydrogens (primary N) is 1. The normalized spacial score (nSPS) is 25.4. The summed E-state index contributed by atoms with van der Waals surface area (Å²) in [5.41, 5.74) is 6.85. The largest absolute Gasteiger partial charge is 0.421 e. The van der Waals surface area contributed by atoms with E-state index in [2.05, 4.69) is 29.8 Å². The van der Waals surface area contributed by atoms with Gasteiger partial charge in [0.2, 0.25) is 12.1 Å². The Hall–Kier alpha value is -3.02. The number of nitrogens with zero attached hydrogens (tertiary/aromatic N) is 7. The number of imidazole rings is 1. The molecule has 2 bridgehead atoms. The van der Waals surface area contributed by atoms with Crippen molar-refractivity contribution in [2.45, 2.75) is 37.7 Å². The lowest BCUT2D eigenvalue weighted by molar-refractivity contribution is -0.233. The fourth-order valence-electron chi connectivity index (χ4n) is 4.57. The van der Waals surface area contributed by atoms with Gasteiger partial charge in [-0.3, -0.25) is 0 Å². The van der Waals surface area contributed by atoms with E-state index in [4.69, 9.17) is 10.5 Å². The van der Waals surface area contributed by atoms with E-state index in [1.54, 1.807) is 0 Å². The molecule has 0 spiro atoms. The molecule has 1 unspecified atom stereocenters. The number of rotatable bonds is 2. The van der Waals surface area contributed by atoms with Crippen molar-refractivity contribution in [3.05, 3.63) is 18.2 Å². The van der Waals surface area contributed by atoms with Gasteiger partial charge in [0.1, 0.15) is 5.82 Å². The zero-order valence-corrected chi connectivity index (χ0v) is 15.7. The van der Waals surface area contributed by atoms with E-state index >= 15 is 0 Å². The summed E-state index contributed by atoms with van der Waals surface area (Å²) in [6.45, 7) is 0.977. The van der Waals surface area contributed by atoms with Gasteiger partial charge in [0.15, 0.2) is 22.8 Å². The molecule has 156 valence electrons. The van der Waals surface area contributed by atoms with Gasteiger partial charge in [-0.25, -0.2) is 24.9 Å². The highest BCUT2D eigenvalue weighted by atomic mass is 19.4. The first-order valence-corrected chi connectivity index (χ1v) is 9.69. The summed E-state index contributed by atoms with van der Waals surface area (Å²) in [6.07, 6.45) is -1.50. The molecule has 7 rings (SSSR count). The second kappa shape index (κ2) is 6.00. The van der Waals surface area contributed by atoms with Crippen LogP contribution in [0.1, 0.15) is 24.8 Å². The Bertz CT molecular complexity index is 1140. The molecule has 2 N–H and O–H groups in total. The Morgan fingerprint density at radius 2 is 1.87 bits per heavy atom. The smallest absolute Gasteiger partial charge is 0.368 e. The lowest BCUT2D eigenvalue weighted by Crippen LogP contribution is -2.32. The van der Waals surface area contributed by atoms with Crippen molar-refractivity contribution in [3.63, 3.8) is 0 Å². The lowest BCUT2D eigenvalue weighted by Gasteiger charge is -2.26. The van der Waals surface area contributed by atoms with Gasteiger partial charge >= 0.3 is 6.18 Å². The summed E-state index contributed by atoms with van der Waals surface area (Å²) < 4.78 is 47.2. The van der Waals surface area contributed by atoms with Gasteiger partial charge in [0.25, 0.3) is 0 Å². The van der Waals surface area contributed by atoms with Gasteiger partial charge in [-0.1, -0.05) is 0 Å². The van der Waals surface area contributed by atoms with E-state index in [0.29, 0.717) is 40.3 Å². The van der Waals surface area contributed by atoms with Crippen molar-refractivity contribution in [2.24, 2.45) is 5.92 Å². The molecule has 1 aliphatic carbocycles. The predicted octanol–water partition coefficient (Wildman–Crippen LogP) is 2.10. The summed E-state index contributed by atoms with van der Waals surface area (Å²) in [4.78, 5) is 23.7. The van der Waals surface area contributed by atoms with Crippen molar-refractivity contribution in [1.29, 1.82) is 0 Å². The first-order chi connectivity index (χ1) is 14.4. The van der Waals surface area contributed by atoms with E-state index in [9.17, 15) is 13.2 Å². The van der Waals surface area contributed by atoms with Crippen LogP contribution in [0.25, 0.3) is 22.6 Å². The first kappa shape index (κ1) is 17.8. The van der Waals surface area contributed by atoms with Gasteiger partial charge in [-0.05, 0) is 18.8 Å². The Kier molecular flexibility index (Phi) is 3.56. The molecule has 1 atom stereocenters. The molecule has 3 aromatic heterocycles. The number of nitrogen functional groups attached to an aromatic ring is 1. The molecule has 3 aromatic rings. The Labute approximate surface area is 168 Å². The van der Waals surface area contributed by atoms with Crippen molar-refractivity contribution in [2.75, 3.05) is 23.8 Å². The average Bonchev–Trinajstić information content (AvgIpc) is 3.38. The maximum atomic E-state index is 13.5. The molecule has 0 aromatic carbocycles. The van der Waals surface area contributed by atoms with Gasteiger partial charge < -0.3 is 19.9 Å². The number of ether oxygens (including phenoxy) is 1. The highest BCUT2D eigenvalue weighted by Crippen LogP contribution is 2.45. The number of halogens is 3. The second-order valence-corrected chi connectivity index (χ2v) is 7.93. The molecule has 0 radical (unpaired) electrons. The van der Waals surface area contributed by atoms with Crippen LogP contribution >= 0.6 is 0 Å². The van der Waals surface area contributed by atoms with Crippen molar-refractivity contribution >= 4 is 22.9 Å². The minimum absolute atomic E-state index is 0.0727. The number of hydrogen-bond donors (Lipinski definition) is 1. The van der Waals surface area contributed by atoms with Crippen LogP contribution in [-0.4, -0.2) is 54.9 Å². The summed E-state index contributed by atoms with van der Waals surface area (Å²) >= 11 is 0. The molecule has 2 saturated heterocycles. The van der Waals surface area contributed by atoms with E-state index in [0.717, 1.165) is 19.4 Å². The molecule has 3 aliphatic heterocycles. The number of fused-ring (bicyclic) bond motifs is 4. The third-order valence-corrected chi connectivity index (χ3v) is 6.05. The topological polar surface area (TPSA) is 108 Å². The van der Waals surface area contributed by atoms with Gasteiger partial charge in [0, 0.05) is 31.5 Å². The third kappa shape index (κ3) is 2.56. The molecule has 30 heavy (non-hydrogen) atoms. The van der Waals surface area contributed by atoms with Crippen LogP contribution in [0.2, 0.25) is 0 Å². The predicted molar refractivity (Wildman–Crippen MR) is 99.4 cm³/mol. The maximum absolute atomic E-state index is 13.5. The van der Waals surface area contributed by atoms with Crippen LogP contribution in [0.15, 0.2) is 12.4 Å². The van der Waals surface area contributed by atoms with E-state index in [1.807, 2.05) is 0 Å². The zero-order chi connectivity index (χ0) is 20.6. The molecule has 0 amide bonds. The van der Waals surface area contributed by atoms with E-state index in [-0.39, 0.29) is 24.9 Å². The minimum atomic E-state index is -4.56. The Balaban J connectivity index is 1.58. The van der Waals surface area contributed by atoms with Crippen LogP contribution in [-0.2, 0) is 11.3 Å². The lowest BCUT2D eigenvalue weighted by atomic mass is 9.86. The molecule has 6 heterocycles. The molecule has 1 saturated carbocycles. The maximum Gasteiger partial charge on any atom is 0.421 e. The second-order valence-electron chi connectivity index (χ2n) is 7.93. The van der Waals surface area contributed by atoms with Crippen LogP contribution < -0.4 is 10.6 Å². The quantitative estimate of drug-likeness (QED) is 0.674. The highest BCUT2D eigenvalue weighted by Gasteiger charge is 2.48. The summed E-state index contributed by atoms with van der Waals surface area (Å²) in [5.74, 6) is 1.41. The third-order valence-electron chi connectivity index (χ3n) is 6.05. The number of aromatic nitrogens is 6. The fraction of sp³-hybridized carbons (Fsp3) is 0.500. The summed E-state index contributed by atoms with van der Waals surface area (Å²) in [7, 11) is 0. The molecule has 9 nitrogen and oxygen atoms in total. The molecule has 3 fully saturated rings. The summed E-state index contributed by atoms with van der Waals surface area (Å²) in [6, 6.07) is 0.331. The SMILES string of the molecule is Nc1ncc(-c2nc(N3CC4CC3C4)c3nc4n(c3n2)CCOC4C(F)(F)F)cn1. The van der Waals surface area contributed by atoms with Crippen molar-refractivity contribution in [1.82, 2.24) is 29.5 Å². The van der Waals surface area contributed by atoms with Crippen LogP contribution in [0.3, 0.4) is 0 Å². The van der Waals surface area contributed by atoms with Crippen molar-refractivity contribution < 1.29 is 17.9 Å². The van der Waals surface area contributed by atoms with Crippen molar-refractivity contribution in [3.8, 4) is 11.4 Å². The monoisotopic (exact) mass is 418 g/mol. The number of alkyl halides is 3. The number of hydrogen-bond acceptors (Lipinski definition) is 8. The first-order valence-electron chi connectivity index (χ1n) is 9.69. The van der Waals surface area contributed by atoms with E-state index in [1.165, 1.54) is 17.0 Å². The molecule has 4 aliphatic rings. The zero-order valence-electron chi connectivity index (χ0n) is 15.7. The van der Waals surface area contributed by atoms with Crippen LogP contribution in [0.4, 0.5) is 24.9 Å². The average molecular weight is 418 g/mol. The van der Waals surface area contributed by atoms with Gasteiger partial charge in [-0.15, -0.1) is 0 Å². The highest BCUT2D eigenvalue weighted by molar-refractivity contribution is 5.87. The molecule has 12 heteroatoms. The fourth-order valence-corrected chi connectivity index (χ4v) is 4.57. The Morgan fingerprint density at radius 3 is 2.53 bits per heavy atom. The van der Waals surface area contributed by atoms with Gasteiger partial charge in [-0.2, -0.15) is 13.2 Å². The van der Waals surface area contributed by atoms with Crippen LogP contribution in [0.5, 0.6) is 0 Å². The molecular formula is C18H17F3N8O. The Morgan fingerprint density at radius 1 is 1.10 bits per heavy atom. The summed E-state index contributed by atoms with van der Waals surface area (Å²) in [5, 5.41) is 0. The molecular weight excluding hydrogens is 401 g/mol. The van der Waals surface area contributed by atoms with Gasteiger partial charge in [0.05, 0.1) is 12.2 Å². The minimum Gasteiger partial charge on any atom is -0.368 e. The standard InChI is InChI=1S/C18H17F3N8O/c19-18(20,21)12-16-25-11-14(28(16)1-2-30-12)26-13(9-5-23-17(22)24-6-9)27-15(11)29-7-8-3-10(29)4-8/h5-6,8,10,12H,1-4,7H2,(H2,22,23,24).